The van der Waals surface area contributed by atoms with Gasteiger partial charge in [0.25, 0.3) is 0 Å². The second-order valence-electron chi connectivity index (χ2n) is 8.03. The van der Waals surface area contributed by atoms with Crippen LogP contribution in [-0.2, 0) is 29.0 Å². The van der Waals surface area contributed by atoms with Crippen LogP contribution in [0.3, 0.4) is 0 Å². The number of carbonyl (C=O) groups is 2. The summed E-state index contributed by atoms with van der Waals surface area (Å²) in [5.74, 6) is -0.971. The van der Waals surface area contributed by atoms with Crippen LogP contribution in [0.2, 0.25) is 0 Å². The number of amides is 1. The topological polar surface area (TPSA) is 81.1 Å². The van der Waals surface area contributed by atoms with E-state index >= 15 is 0 Å². The number of aliphatic carboxylic acids is 1. The molecule has 1 amide bonds. The molecule has 1 aliphatic heterocycles. The zero-order valence-electron chi connectivity index (χ0n) is 17.3. The lowest BCUT2D eigenvalue weighted by atomic mass is 9.91. The van der Waals surface area contributed by atoms with E-state index in [9.17, 15) is 19.8 Å². The Kier molecular flexibility index (Phi) is 5.94. The molecular formula is C23H28N2O4. The van der Waals surface area contributed by atoms with Crippen molar-refractivity contribution in [2.45, 2.75) is 45.3 Å². The van der Waals surface area contributed by atoms with Gasteiger partial charge >= 0.3 is 5.97 Å². The first-order valence-corrected chi connectivity index (χ1v) is 9.74. The maximum absolute atomic E-state index is 13.5. The number of fused-ring (bicyclic) bond motifs is 1. The van der Waals surface area contributed by atoms with Crippen molar-refractivity contribution in [2.75, 3.05) is 14.1 Å². The van der Waals surface area contributed by atoms with Crippen LogP contribution < -0.4 is 0 Å². The highest BCUT2D eigenvalue weighted by atomic mass is 16.4. The van der Waals surface area contributed by atoms with Gasteiger partial charge in [-0.3, -0.25) is 9.69 Å². The largest absolute Gasteiger partial charge is 0.508 e. The average Bonchev–Trinajstić information content (AvgIpc) is 2.65. The first-order valence-electron chi connectivity index (χ1n) is 9.74. The molecule has 6 nitrogen and oxygen atoms in total. The van der Waals surface area contributed by atoms with Crippen molar-refractivity contribution >= 4 is 11.9 Å². The molecule has 0 spiro atoms. The highest BCUT2D eigenvalue weighted by molar-refractivity contribution is 5.88. The number of phenols is 1. The summed E-state index contributed by atoms with van der Waals surface area (Å²) in [6, 6.07) is 9.70. The highest BCUT2D eigenvalue weighted by Gasteiger charge is 2.38. The normalized spacial score (nSPS) is 17.1. The van der Waals surface area contributed by atoms with Gasteiger partial charge in [0.2, 0.25) is 5.91 Å². The van der Waals surface area contributed by atoms with E-state index in [0.717, 1.165) is 27.8 Å². The molecule has 0 aromatic heterocycles. The Bertz CT molecular complexity index is 915. The third-order valence-electron chi connectivity index (χ3n) is 5.80. The van der Waals surface area contributed by atoms with E-state index < -0.39 is 18.1 Å². The predicted octanol–water partition coefficient (Wildman–Crippen LogP) is 2.52. The van der Waals surface area contributed by atoms with Gasteiger partial charge in [0.1, 0.15) is 11.8 Å². The molecule has 154 valence electrons. The fourth-order valence-corrected chi connectivity index (χ4v) is 4.14. The Labute approximate surface area is 171 Å². The predicted molar refractivity (Wildman–Crippen MR) is 111 cm³/mol. The molecule has 1 aliphatic rings. The van der Waals surface area contributed by atoms with Crippen molar-refractivity contribution in [3.05, 3.63) is 64.2 Å². The number of nitrogens with zero attached hydrogens (tertiary/aromatic N) is 2. The van der Waals surface area contributed by atoms with Crippen LogP contribution in [0.5, 0.6) is 5.75 Å². The first-order chi connectivity index (χ1) is 13.7. The smallest absolute Gasteiger partial charge is 0.326 e. The highest BCUT2D eigenvalue weighted by Crippen LogP contribution is 2.27. The summed E-state index contributed by atoms with van der Waals surface area (Å²) in [4.78, 5) is 28.8. The molecule has 6 heteroatoms. The Balaban J connectivity index is 1.93. The van der Waals surface area contributed by atoms with Crippen molar-refractivity contribution in [2.24, 2.45) is 0 Å². The van der Waals surface area contributed by atoms with Crippen LogP contribution in [0.4, 0.5) is 0 Å². The molecule has 29 heavy (non-hydrogen) atoms. The van der Waals surface area contributed by atoms with Crippen molar-refractivity contribution in [1.82, 2.24) is 9.80 Å². The summed E-state index contributed by atoms with van der Waals surface area (Å²) in [7, 11) is 3.67. The van der Waals surface area contributed by atoms with Gasteiger partial charge < -0.3 is 15.1 Å². The lowest BCUT2D eigenvalue weighted by molar-refractivity contribution is -0.153. The zero-order valence-corrected chi connectivity index (χ0v) is 17.3. The molecule has 0 bridgehead atoms. The van der Waals surface area contributed by atoms with Crippen LogP contribution in [0.1, 0.15) is 27.8 Å². The van der Waals surface area contributed by atoms with Crippen molar-refractivity contribution < 1.29 is 19.8 Å². The minimum absolute atomic E-state index is 0.191. The van der Waals surface area contributed by atoms with Crippen molar-refractivity contribution in [3.8, 4) is 5.75 Å². The quantitative estimate of drug-likeness (QED) is 0.812. The maximum Gasteiger partial charge on any atom is 0.326 e. The van der Waals surface area contributed by atoms with Crippen LogP contribution in [0, 0.1) is 13.8 Å². The fraction of sp³-hybridized carbons (Fsp3) is 0.391. The van der Waals surface area contributed by atoms with E-state index in [1.54, 1.807) is 12.1 Å². The van der Waals surface area contributed by atoms with Crippen molar-refractivity contribution in [3.63, 3.8) is 0 Å². The van der Waals surface area contributed by atoms with Crippen molar-refractivity contribution in [1.29, 1.82) is 0 Å². The van der Waals surface area contributed by atoms with E-state index in [4.69, 9.17) is 0 Å². The second-order valence-corrected chi connectivity index (χ2v) is 8.03. The molecule has 2 aromatic rings. The molecule has 0 saturated carbocycles. The summed E-state index contributed by atoms with van der Waals surface area (Å²) in [5, 5.41) is 19.6. The lowest BCUT2D eigenvalue weighted by Gasteiger charge is -2.38. The van der Waals surface area contributed by atoms with Crippen LogP contribution in [-0.4, -0.2) is 58.1 Å². The number of hydrogen-bond donors (Lipinski definition) is 2. The van der Waals surface area contributed by atoms with Gasteiger partial charge in [0.05, 0.1) is 6.04 Å². The van der Waals surface area contributed by atoms with Crippen LogP contribution in [0.25, 0.3) is 0 Å². The first kappa shape index (κ1) is 20.9. The minimum Gasteiger partial charge on any atom is -0.508 e. The van der Waals surface area contributed by atoms with Gasteiger partial charge in [-0.15, -0.1) is 0 Å². The van der Waals surface area contributed by atoms with E-state index in [2.05, 4.69) is 0 Å². The standard InChI is InChI=1S/C23H28N2O4/c1-14-9-18(26)10-15(2)19(14)12-20(24(3)4)22(27)25-13-17-8-6-5-7-16(17)11-21(25)23(28)29/h5-10,20-21,26H,11-13H2,1-4H3,(H,28,29)/t20-,21+/m0/s1. The van der Waals surface area contributed by atoms with Gasteiger partial charge in [-0.05, 0) is 74.3 Å². The average molecular weight is 396 g/mol. The van der Waals surface area contributed by atoms with E-state index in [1.165, 1.54) is 4.90 Å². The summed E-state index contributed by atoms with van der Waals surface area (Å²) < 4.78 is 0. The van der Waals surface area contributed by atoms with Gasteiger partial charge in [-0.1, -0.05) is 24.3 Å². The molecule has 0 radical (unpaired) electrons. The fourth-order valence-electron chi connectivity index (χ4n) is 4.14. The number of carbonyl (C=O) groups excluding carboxylic acids is 1. The molecular weight excluding hydrogens is 368 g/mol. The number of hydrogen-bond acceptors (Lipinski definition) is 4. The summed E-state index contributed by atoms with van der Waals surface area (Å²) in [6.45, 7) is 4.12. The third kappa shape index (κ3) is 4.27. The number of benzene rings is 2. The van der Waals surface area contributed by atoms with E-state index in [-0.39, 0.29) is 11.7 Å². The van der Waals surface area contributed by atoms with Gasteiger partial charge in [-0.2, -0.15) is 0 Å². The lowest BCUT2D eigenvalue weighted by Crippen LogP contribution is -2.55. The molecule has 0 fully saturated rings. The monoisotopic (exact) mass is 396 g/mol. The summed E-state index contributed by atoms with van der Waals surface area (Å²) in [6.07, 6.45) is 0.767. The van der Waals surface area contributed by atoms with Crippen LogP contribution >= 0.6 is 0 Å². The molecule has 2 atom stereocenters. The number of carboxylic acid groups (broad SMARTS) is 1. The molecule has 0 aliphatic carbocycles. The molecule has 0 saturated heterocycles. The molecule has 2 N–H and O–H groups in total. The number of aromatic hydroxyl groups is 1. The van der Waals surface area contributed by atoms with E-state index in [1.807, 2.05) is 57.1 Å². The zero-order chi connectivity index (χ0) is 21.3. The van der Waals surface area contributed by atoms with E-state index in [0.29, 0.717) is 19.4 Å². The Hall–Kier alpha value is -2.86. The molecule has 3 rings (SSSR count). The molecule has 1 heterocycles. The number of likely N-dealkylation sites (N-methyl/N-ethyl adjacent to an activating group) is 1. The van der Waals surface area contributed by atoms with Gasteiger partial charge in [0.15, 0.2) is 0 Å². The maximum atomic E-state index is 13.5. The third-order valence-corrected chi connectivity index (χ3v) is 5.80. The Morgan fingerprint density at radius 2 is 1.72 bits per heavy atom. The summed E-state index contributed by atoms with van der Waals surface area (Å²) in [5.41, 5.74) is 4.81. The minimum atomic E-state index is -0.984. The van der Waals surface area contributed by atoms with Gasteiger partial charge in [-0.25, -0.2) is 4.79 Å². The summed E-state index contributed by atoms with van der Waals surface area (Å²) >= 11 is 0. The van der Waals surface area contributed by atoms with Crippen LogP contribution in [0.15, 0.2) is 36.4 Å². The number of phenolic OH excluding ortho intramolecular Hbond substituents is 1. The number of aryl methyl sites for hydroxylation is 2. The second kappa shape index (κ2) is 8.25. The van der Waals surface area contributed by atoms with Gasteiger partial charge in [0, 0.05) is 13.0 Å². The molecule has 0 unspecified atom stereocenters. The number of carboxylic acids is 1. The Morgan fingerprint density at radius 3 is 2.28 bits per heavy atom. The molecule has 2 aromatic carbocycles. The Morgan fingerprint density at radius 1 is 1.14 bits per heavy atom. The number of rotatable bonds is 5. The SMILES string of the molecule is Cc1cc(O)cc(C)c1C[C@@H](C(=O)N1Cc2ccccc2C[C@@H]1C(=O)O)N(C)C.